The second-order valence-electron chi connectivity index (χ2n) is 5.39. The molecule has 1 rings (SSSR count). The quantitative estimate of drug-likeness (QED) is 0.720. The highest BCUT2D eigenvalue weighted by atomic mass is 16.7. The van der Waals surface area contributed by atoms with Gasteiger partial charge in [-0.2, -0.15) is 0 Å². The van der Waals surface area contributed by atoms with Crippen LogP contribution in [0.5, 0.6) is 0 Å². The molecule has 4 nitrogen and oxygen atoms in total. The molecule has 0 aromatic rings. The van der Waals surface area contributed by atoms with Gasteiger partial charge in [-0.25, -0.2) is 0 Å². The normalized spacial score (nSPS) is 24.5. The van der Waals surface area contributed by atoms with Crippen molar-refractivity contribution in [2.45, 2.75) is 46.0 Å². The molecule has 4 heteroatoms. The van der Waals surface area contributed by atoms with E-state index in [4.69, 9.17) is 18.9 Å². The lowest BCUT2D eigenvalue weighted by molar-refractivity contribution is -0.293. The van der Waals surface area contributed by atoms with Gasteiger partial charge in [-0.3, -0.25) is 0 Å². The zero-order chi connectivity index (χ0) is 12.9. The van der Waals surface area contributed by atoms with Gasteiger partial charge in [0, 0.05) is 12.5 Å². The number of hydrogen-bond acceptors (Lipinski definition) is 4. The minimum absolute atomic E-state index is 0.0109. The van der Waals surface area contributed by atoms with E-state index in [-0.39, 0.29) is 11.5 Å². The molecule has 0 aromatic heterocycles. The van der Waals surface area contributed by atoms with Gasteiger partial charge < -0.3 is 18.9 Å². The molecule has 102 valence electrons. The van der Waals surface area contributed by atoms with Crippen LogP contribution in [0.3, 0.4) is 0 Å². The largest absolute Gasteiger partial charge is 0.379 e. The van der Waals surface area contributed by atoms with Crippen molar-refractivity contribution in [1.82, 2.24) is 0 Å². The van der Waals surface area contributed by atoms with Crippen molar-refractivity contribution in [2.75, 3.05) is 33.5 Å². The highest BCUT2D eigenvalue weighted by Crippen LogP contribution is 2.32. The lowest BCUT2D eigenvalue weighted by atomic mass is 9.87. The third-order valence-electron chi connectivity index (χ3n) is 3.37. The molecule has 1 aliphatic rings. The smallest absolute Gasteiger partial charge is 0.162 e. The van der Waals surface area contributed by atoms with Crippen molar-refractivity contribution in [3.63, 3.8) is 0 Å². The molecule has 0 aliphatic carbocycles. The Hall–Kier alpha value is -0.160. The fraction of sp³-hybridized carbons (Fsp3) is 1.00. The van der Waals surface area contributed by atoms with Crippen LogP contribution in [0, 0.1) is 5.41 Å². The first-order valence-corrected chi connectivity index (χ1v) is 6.31. The molecule has 0 spiro atoms. The molecule has 1 unspecified atom stereocenters. The Morgan fingerprint density at radius 1 is 1.24 bits per heavy atom. The summed E-state index contributed by atoms with van der Waals surface area (Å²) >= 11 is 0. The number of hydrogen-bond donors (Lipinski definition) is 0. The minimum Gasteiger partial charge on any atom is -0.379 e. The zero-order valence-corrected chi connectivity index (χ0v) is 11.7. The highest BCUT2D eigenvalue weighted by Gasteiger charge is 2.39. The van der Waals surface area contributed by atoms with E-state index in [1.54, 1.807) is 7.11 Å². The fourth-order valence-corrected chi connectivity index (χ4v) is 1.64. The van der Waals surface area contributed by atoms with Crippen LogP contribution in [0.4, 0.5) is 0 Å². The predicted octanol–water partition coefficient (Wildman–Crippen LogP) is 2.22. The van der Waals surface area contributed by atoms with Gasteiger partial charge in [0.1, 0.15) is 0 Å². The van der Waals surface area contributed by atoms with Gasteiger partial charge in [-0.1, -0.05) is 6.92 Å². The Morgan fingerprint density at radius 3 is 2.29 bits per heavy atom. The zero-order valence-electron chi connectivity index (χ0n) is 11.7. The topological polar surface area (TPSA) is 36.9 Å². The first kappa shape index (κ1) is 14.9. The van der Waals surface area contributed by atoms with Crippen molar-refractivity contribution in [2.24, 2.45) is 5.41 Å². The summed E-state index contributed by atoms with van der Waals surface area (Å²) in [6.45, 7) is 10.7. The second kappa shape index (κ2) is 6.14. The summed E-state index contributed by atoms with van der Waals surface area (Å²) in [5.41, 5.74) is -0.0109. The summed E-state index contributed by atoms with van der Waals surface area (Å²) in [6, 6.07) is 0. The van der Waals surface area contributed by atoms with E-state index in [9.17, 15) is 0 Å². The van der Waals surface area contributed by atoms with Crippen LogP contribution in [-0.2, 0) is 18.9 Å². The summed E-state index contributed by atoms with van der Waals surface area (Å²) in [5.74, 6) is -0.460. The summed E-state index contributed by atoms with van der Waals surface area (Å²) in [4.78, 5) is 0. The lowest BCUT2D eigenvalue weighted by Gasteiger charge is -2.42. The van der Waals surface area contributed by atoms with Crippen molar-refractivity contribution in [1.29, 1.82) is 0 Å². The molecule has 0 bridgehead atoms. The molecular weight excluding hydrogens is 220 g/mol. The van der Waals surface area contributed by atoms with E-state index < -0.39 is 5.79 Å². The summed E-state index contributed by atoms with van der Waals surface area (Å²) < 4.78 is 22.3. The van der Waals surface area contributed by atoms with Crippen molar-refractivity contribution < 1.29 is 18.9 Å². The Labute approximate surface area is 105 Å². The van der Waals surface area contributed by atoms with Gasteiger partial charge >= 0.3 is 0 Å². The molecule has 0 amide bonds. The van der Waals surface area contributed by atoms with E-state index in [2.05, 4.69) is 6.92 Å². The van der Waals surface area contributed by atoms with Crippen LogP contribution in [0.2, 0.25) is 0 Å². The molecule has 0 N–H and O–H groups in total. The molecule has 1 saturated heterocycles. The third kappa shape index (κ3) is 4.54. The molecular formula is C13H26O4. The van der Waals surface area contributed by atoms with Gasteiger partial charge in [-0.05, 0) is 27.2 Å². The molecule has 0 aromatic carbocycles. The summed E-state index contributed by atoms with van der Waals surface area (Å²) in [7, 11) is 1.69. The molecule has 17 heavy (non-hydrogen) atoms. The van der Waals surface area contributed by atoms with E-state index in [1.165, 1.54) is 0 Å². The van der Waals surface area contributed by atoms with Gasteiger partial charge in [0.15, 0.2) is 5.79 Å². The molecule has 1 atom stereocenters. The Balaban J connectivity index is 2.37. The maximum absolute atomic E-state index is 5.72. The molecule has 1 fully saturated rings. The monoisotopic (exact) mass is 246 g/mol. The van der Waals surface area contributed by atoms with Crippen LogP contribution >= 0.6 is 0 Å². The Kier molecular flexibility index (Phi) is 5.38. The van der Waals surface area contributed by atoms with Gasteiger partial charge in [-0.15, -0.1) is 0 Å². The predicted molar refractivity (Wildman–Crippen MR) is 66.0 cm³/mol. The third-order valence-corrected chi connectivity index (χ3v) is 3.37. The lowest BCUT2D eigenvalue weighted by Crippen LogP contribution is -2.48. The van der Waals surface area contributed by atoms with Gasteiger partial charge in [0.05, 0.1) is 32.5 Å². The Morgan fingerprint density at radius 2 is 1.82 bits per heavy atom. The standard InChI is InChI=1S/C13H26O4/c1-6-13(8-15-7-11(2)14-5)9-16-12(3,4)17-10-13/h11H,6-10H2,1-5H3. The van der Waals surface area contributed by atoms with Crippen LogP contribution < -0.4 is 0 Å². The SMILES string of the molecule is CCC1(COCC(C)OC)COC(C)(C)OC1. The van der Waals surface area contributed by atoms with Crippen LogP contribution in [0.25, 0.3) is 0 Å². The van der Waals surface area contributed by atoms with E-state index in [0.717, 1.165) is 6.42 Å². The van der Waals surface area contributed by atoms with Crippen LogP contribution in [-0.4, -0.2) is 45.4 Å². The summed E-state index contributed by atoms with van der Waals surface area (Å²) in [6.07, 6.45) is 1.12. The first-order chi connectivity index (χ1) is 7.93. The van der Waals surface area contributed by atoms with Crippen molar-refractivity contribution in [3.8, 4) is 0 Å². The van der Waals surface area contributed by atoms with E-state index in [0.29, 0.717) is 26.4 Å². The van der Waals surface area contributed by atoms with Gasteiger partial charge in [0.2, 0.25) is 0 Å². The van der Waals surface area contributed by atoms with Gasteiger partial charge in [0.25, 0.3) is 0 Å². The average Bonchev–Trinajstić information content (AvgIpc) is 2.31. The van der Waals surface area contributed by atoms with Crippen molar-refractivity contribution in [3.05, 3.63) is 0 Å². The van der Waals surface area contributed by atoms with E-state index in [1.807, 2.05) is 20.8 Å². The highest BCUT2D eigenvalue weighted by molar-refractivity contribution is 4.82. The molecule has 1 heterocycles. The van der Waals surface area contributed by atoms with Crippen LogP contribution in [0.1, 0.15) is 34.1 Å². The fourth-order valence-electron chi connectivity index (χ4n) is 1.64. The average molecular weight is 246 g/mol. The number of ether oxygens (including phenoxy) is 4. The maximum atomic E-state index is 5.72. The molecule has 1 aliphatic heterocycles. The molecule has 0 radical (unpaired) electrons. The van der Waals surface area contributed by atoms with E-state index >= 15 is 0 Å². The maximum Gasteiger partial charge on any atom is 0.162 e. The van der Waals surface area contributed by atoms with Crippen molar-refractivity contribution >= 4 is 0 Å². The minimum atomic E-state index is -0.460. The summed E-state index contributed by atoms with van der Waals surface area (Å²) in [5, 5.41) is 0. The number of rotatable bonds is 6. The first-order valence-electron chi connectivity index (χ1n) is 6.31. The molecule has 0 saturated carbocycles. The Bertz CT molecular complexity index is 217. The second-order valence-corrected chi connectivity index (χ2v) is 5.39. The number of methoxy groups -OCH3 is 1. The van der Waals surface area contributed by atoms with Crippen LogP contribution in [0.15, 0.2) is 0 Å².